The van der Waals surface area contributed by atoms with Crippen LogP contribution >= 0.6 is 11.8 Å². The van der Waals surface area contributed by atoms with Crippen LogP contribution in [-0.2, 0) is 0 Å². The number of aromatic nitrogens is 1. The lowest BCUT2D eigenvalue weighted by Gasteiger charge is -2.07. The molecule has 1 atom stereocenters. The molecule has 94 valence electrons. The van der Waals surface area contributed by atoms with Crippen LogP contribution in [0, 0.1) is 11.6 Å². The number of hydrogen-bond acceptors (Lipinski definition) is 3. The van der Waals surface area contributed by atoms with E-state index in [1.54, 1.807) is 18.3 Å². The molecule has 0 aliphatic heterocycles. The average molecular weight is 266 g/mol. The quantitative estimate of drug-likeness (QED) is 0.923. The minimum atomic E-state index is -0.470. The lowest BCUT2D eigenvalue weighted by Crippen LogP contribution is -2.05. The zero-order chi connectivity index (χ0) is 13.1. The van der Waals surface area contributed by atoms with Crippen molar-refractivity contribution < 1.29 is 8.78 Å². The molecule has 0 aliphatic carbocycles. The molecule has 0 unspecified atom stereocenters. The van der Waals surface area contributed by atoms with Gasteiger partial charge in [-0.3, -0.25) is 0 Å². The van der Waals surface area contributed by atoms with Crippen molar-refractivity contribution in [3.63, 3.8) is 0 Å². The number of benzene rings is 1. The highest BCUT2D eigenvalue weighted by atomic mass is 32.2. The first kappa shape index (κ1) is 13.0. The molecule has 0 amide bonds. The Hall–Kier alpha value is -1.46. The molecular formula is C13H12F2N2S. The molecule has 2 rings (SSSR count). The van der Waals surface area contributed by atoms with Crippen LogP contribution in [0.25, 0.3) is 0 Å². The SMILES string of the molecule is C[C@H](N)c1ccnc(Sc2cc(F)ccc2F)c1. The van der Waals surface area contributed by atoms with Crippen molar-refractivity contribution in [3.8, 4) is 0 Å². The highest BCUT2D eigenvalue weighted by molar-refractivity contribution is 7.99. The summed E-state index contributed by atoms with van der Waals surface area (Å²) in [4.78, 5) is 4.32. The molecule has 2 aromatic rings. The Kier molecular flexibility index (Phi) is 3.93. The van der Waals surface area contributed by atoms with Gasteiger partial charge in [0.1, 0.15) is 16.7 Å². The molecule has 18 heavy (non-hydrogen) atoms. The highest BCUT2D eigenvalue weighted by Gasteiger charge is 2.08. The van der Waals surface area contributed by atoms with Crippen molar-refractivity contribution in [2.24, 2.45) is 5.73 Å². The zero-order valence-corrected chi connectivity index (χ0v) is 10.5. The summed E-state index contributed by atoms with van der Waals surface area (Å²) in [6.45, 7) is 1.85. The van der Waals surface area contributed by atoms with Gasteiger partial charge in [0.15, 0.2) is 0 Å². The fraction of sp³-hybridized carbons (Fsp3) is 0.154. The summed E-state index contributed by atoms with van der Waals surface area (Å²) in [6.07, 6.45) is 1.61. The number of halogens is 2. The molecular weight excluding hydrogens is 254 g/mol. The van der Waals surface area contributed by atoms with Crippen molar-refractivity contribution in [2.75, 3.05) is 0 Å². The summed E-state index contributed by atoms with van der Waals surface area (Å²) in [5.74, 6) is -0.934. The van der Waals surface area contributed by atoms with Crippen LogP contribution in [0.2, 0.25) is 0 Å². The van der Waals surface area contributed by atoms with E-state index in [0.29, 0.717) is 5.03 Å². The largest absolute Gasteiger partial charge is 0.324 e. The van der Waals surface area contributed by atoms with Gasteiger partial charge < -0.3 is 5.73 Å². The summed E-state index contributed by atoms with van der Waals surface area (Å²) in [5.41, 5.74) is 6.67. The zero-order valence-electron chi connectivity index (χ0n) is 9.73. The van der Waals surface area contributed by atoms with Crippen LogP contribution in [0.15, 0.2) is 46.5 Å². The van der Waals surface area contributed by atoms with Crippen molar-refractivity contribution in [1.29, 1.82) is 0 Å². The standard InChI is InChI=1S/C13H12F2N2S/c1-8(16)9-4-5-17-13(6-9)18-12-7-10(14)2-3-11(12)15/h2-8H,16H2,1H3/t8-/m0/s1. The molecule has 0 aliphatic rings. The van der Waals surface area contributed by atoms with E-state index in [-0.39, 0.29) is 10.9 Å². The van der Waals surface area contributed by atoms with Crippen molar-refractivity contribution in [2.45, 2.75) is 22.9 Å². The lowest BCUT2D eigenvalue weighted by atomic mass is 10.1. The fourth-order valence-corrected chi connectivity index (χ4v) is 2.30. The van der Waals surface area contributed by atoms with Gasteiger partial charge in [-0.25, -0.2) is 13.8 Å². The maximum Gasteiger partial charge on any atom is 0.137 e. The third kappa shape index (κ3) is 3.05. The first-order chi connectivity index (χ1) is 8.56. The molecule has 0 saturated carbocycles. The molecule has 0 fully saturated rings. The van der Waals surface area contributed by atoms with Gasteiger partial charge in [-0.15, -0.1) is 0 Å². The molecule has 2 nitrogen and oxygen atoms in total. The summed E-state index contributed by atoms with van der Waals surface area (Å²) in [7, 11) is 0. The van der Waals surface area contributed by atoms with E-state index in [9.17, 15) is 8.78 Å². The van der Waals surface area contributed by atoms with Crippen molar-refractivity contribution in [1.82, 2.24) is 4.98 Å². The van der Waals surface area contributed by atoms with Gasteiger partial charge in [0.25, 0.3) is 0 Å². The lowest BCUT2D eigenvalue weighted by molar-refractivity contribution is 0.577. The average Bonchev–Trinajstić information content (AvgIpc) is 2.34. The molecule has 1 heterocycles. The van der Waals surface area contributed by atoms with E-state index < -0.39 is 11.6 Å². The van der Waals surface area contributed by atoms with Gasteiger partial charge in [-0.1, -0.05) is 11.8 Å². The number of nitrogens with zero attached hydrogens (tertiary/aromatic N) is 1. The molecule has 0 saturated heterocycles. The Morgan fingerprint density at radius 2 is 2.00 bits per heavy atom. The number of rotatable bonds is 3. The molecule has 0 radical (unpaired) electrons. The summed E-state index contributed by atoms with van der Waals surface area (Å²) in [5, 5.41) is 0.592. The van der Waals surface area contributed by atoms with Gasteiger partial charge in [-0.05, 0) is 42.8 Å². The van der Waals surface area contributed by atoms with Crippen molar-refractivity contribution >= 4 is 11.8 Å². The fourth-order valence-electron chi connectivity index (χ4n) is 1.43. The molecule has 5 heteroatoms. The Morgan fingerprint density at radius 1 is 1.22 bits per heavy atom. The van der Waals surface area contributed by atoms with Crippen LogP contribution in [0.4, 0.5) is 8.78 Å². The van der Waals surface area contributed by atoms with Gasteiger partial charge in [0, 0.05) is 12.2 Å². The predicted octanol–water partition coefficient (Wildman–Crippen LogP) is 3.53. The van der Waals surface area contributed by atoms with Gasteiger partial charge in [-0.2, -0.15) is 0 Å². The monoisotopic (exact) mass is 266 g/mol. The van der Waals surface area contributed by atoms with E-state index in [4.69, 9.17) is 5.73 Å². The van der Waals surface area contributed by atoms with Crippen molar-refractivity contribution in [3.05, 3.63) is 53.7 Å². The number of hydrogen-bond donors (Lipinski definition) is 1. The first-order valence-corrected chi connectivity index (χ1v) is 6.22. The van der Waals surface area contributed by atoms with E-state index in [1.165, 1.54) is 0 Å². The molecule has 2 N–H and O–H groups in total. The van der Waals surface area contributed by atoms with Crippen LogP contribution < -0.4 is 5.73 Å². The second kappa shape index (κ2) is 5.46. The van der Waals surface area contributed by atoms with Crippen LogP contribution in [0.3, 0.4) is 0 Å². The first-order valence-electron chi connectivity index (χ1n) is 5.40. The second-order valence-electron chi connectivity index (χ2n) is 3.89. The van der Waals surface area contributed by atoms with Crippen LogP contribution in [0.1, 0.15) is 18.5 Å². The van der Waals surface area contributed by atoms with Gasteiger partial charge in [0.05, 0.1) is 4.90 Å². The maximum atomic E-state index is 13.5. The van der Waals surface area contributed by atoms with E-state index in [0.717, 1.165) is 35.5 Å². The molecule has 0 spiro atoms. The van der Waals surface area contributed by atoms with Gasteiger partial charge >= 0.3 is 0 Å². The molecule has 0 bridgehead atoms. The van der Waals surface area contributed by atoms with Crippen LogP contribution in [-0.4, -0.2) is 4.98 Å². The summed E-state index contributed by atoms with van der Waals surface area (Å²) in [6, 6.07) is 6.80. The number of pyridine rings is 1. The second-order valence-corrected chi connectivity index (χ2v) is 4.96. The highest BCUT2D eigenvalue weighted by Crippen LogP contribution is 2.29. The van der Waals surface area contributed by atoms with E-state index in [2.05, 4.69) is 4.98 Å². The maximum absolute atomic E-state index is 13.5. The Labute approximate surface area is 108 Å². The smallest absolute Gasteiger partial charge is 0.137 e. The van der Waals surface area contributed by atoms with E-state index in [1.807, 2.05) is 6.92 Å². The third-order valence-corrected chi connectivity index (χ3v) is 3.36. The minimum Gasteiger partial charge on any atom is -0.324 e. The van der Waals surface area contributed by atoms with Crippen LogP contribution in [0.5, 0.6) is 0 Å². The topological polar surface area (TPSA) is 38.9 Å². The Bertz CT molecular complexity index is 558. The predicted molar refractivity (Wildman–Crippen MR) is 67.3 cm³/mol. The number of nitrogens with two attached hydrogens (primary N) is 1. The normalized spacial score (nSPS) is 12.4. The summed E-state index contributed by atoms with van der Waals surface area (Å²) >= 11 is 1.08. The Morgan fingerprint density at radius 3 is 2.72 bits per heavy atom. The van der Waals surface area contributed by atoms with E-state index >= 15 is 0 Å². The summed E-state index contributed by atoms with van der Waals surface area (Å²) < 4.78 is 26.5. The molecule has 1 aromatic carbocycles. The Balaban J connectivity index is 2.28. The molecule has 1 aromatic heterocycles. The third-order valence-electron chi connectivity index (χ3n) is 2.39. The van der Waals surface area contributed by atoms with Gasteiger partial charge in [0.2, 0.25) is 0 Å². The minimum absolute atomic E-state index is 0.121.